The highest BCUT2D eigenvalue weighted by atomic mass is 16.5. The molecule has 2 rings (SSSR count). The lowest BCUT2D eigenvalue weighted by atomic mass is 9.99. The SMILES string of the molecule is CCOc1ccc(NCC2CCCNC2)c(C)c1. The molecule has 0 aromatic heterocycles. The maximum absolute atomic E-state index is 5.50. The van der Waals surface area contributed by atoms with Crippen LogP contribution in [0, 0.1) is 12.8 Å². The smallest absolute Gasteiger partial charge is 0.119 e. The number of aryl methyl sites for hydroxylation is 1. The molecule has 1 aromatic carbocycles. The van der Waals surface area contributed by atoms with Gasteiger partial charge in [-0.2, -0.15) is 0 Å². The summed E-state index contributed by atoms with van der Waals surface area (Å²) in [4.78, 5) is 0. The summed E-state index contributed by atoms with van der Waals surface area (Å²) in [5, 5.41) is 7.01. The van der Waals surface area contributed by atoms with Crippen molar-refractivity contribution in [2.75, 3.05) is 31.6 Å². The predicted molar refractivity (Wildman–Crippen MR) is 76.4 cm³/mol. The van der Waals surface area contributed by atoms with Crippen molar-refractivity contribution in [1.82, 2.24) is 5.32 Å². The van der Waals surface area contributed by atoms with Gasteiger partial charge in [-0.3, -0.25) is 0 Å². The average molecular weight is 248 g/mol. The van der Waals surface area contributed by atoms with E-state index in [0.717, 1.165) is 31.4 Å². The van der Waals surface area contributed by atoms with Crippen LogP contribution < -0.4 is 15.4 Å². The highest BCUT2D eigenvalue weighted by Gasteiger charge is 2.12. The summed E-state index contributed by atoms with van der Waals surface area (Å²) in [6.07, 6.45) is 2.63. The zero-order chi connectivity index (χ0) is 12.8. The van der Waals surface area contributed by atoms with Crippen molar-refractivity contribution in [2.24, 2.45) is 5.92 Å². The number of benzene rings is 1. The maximum atomic E-state index is 5.50. The topological polar surface area (TPSA) is 33.3 Å². The highest BCUT2D eigenvalue weighted by molar-refractivity contribution is 5.53. The monoisotopic (exact) mass is 248 g/mol. The van der Waals surface area contributed by atoms with Crippen LogP contribution in [0.2, 0.25) is 0 Å². The Morgan fingerprint density at radius 3 is 3.00 bits per heavy atom. The second-order valence-electron chi connectivity index (χ2n) is 5.00. The van der Waals surface area contributed by atoms with Crippen LogP contribution in [-0.2, 0) is 0 Å². The van der Waals surface area contributed by atoms with Gasteiger partial charge in [-0.15, -0.1) is 0 Å². The van der Waals surface area contributed by atoms with Crippen LogP contribution in [-0.4, -0.2) is 26.2 Å². The standard InChI is InChI=1S/C15H24N2O/c1-3-18-14-6-7-15(12(2)9-14)17-11-13-5-4-8-16-10-13/h6-7,9,13,16-17H,3-5,8,10-11H2,1-2H3. The Morgan fingerprint density at radius 2 is 2.33 bits per heavy atom. The van der Waals surface area contributed by atoms with Crippen molar-refractivity contribution >= 4 is 5.69 Å². The Bertz CT molecular complexity index is 373. The van der Waals surface area contributed by atoms with E-state index >= 15 is 0 Å². The molecule has 0 amide bonds. The summed E-state index contributed by atoms with van der Waals surface area (Å²) < 4.78 is 5.50. The minimum absolute atomic E-state index is 0.722. The Kier molecular flexibility index (Phi) is 4.88. The van der Waals surface area contributed by atoms with Gasteiger partial charge in [0.2, 0.25) is 0 Å². The van der Waals surface area contributed by atoms with Crippen LogP contribution in [0.15, 0.2) is 18.2 Å². The summed E-state index contributed by atoms with van der Waals surface area (Å²) in [6, 6.07) is 6.26. The molecule has 0 bridgehead atoms. The maximum Gasteiger partial charge on any atom is 0.119 e. The zero-order valence-corrected chi connectivity index (χ0v) is 11.5. The molecule has 0 aliphatic carbocycles. The van der Waals surface area contributed by atoms with E-state index in [1.165, 1.54) is 30.6 Å². The normalized spacial score (nSPS) is 19.6. The minimum Gasteiger partial charge on any atom is -0.494 e. The van der Waals surface area contributed by atoms with E-state index < -0.39 is 0 Å². The Labute approximate surface area is 110 Å². The molecule has 0 radical (unpaired) electrons. The van der Waals surface area contributed by atoms with Gasteiger partial charge in [-0.1, -0.05) is 0 Å². The van der Waals surface area contributed by atoms with Crippen molar-refractivity contribution in [3.63, 3.8) is 0 Å². The van der Waals surface area contributed by atoms with E-state index in [1.54, 1.807) is 0 Å². The highest BCUT2D eigenvalue weighted by Crippen LogP contribution is 2.22. The third-order valence-electron chi connectivity index (χ3n) is 3.49. The first-order valence-electron chi connectivity index (χ1n) is 6.97. The molecule has 100 valence electrons. The molecule has 1 aliphatic heterocycles. The van der Waals surface area contributed by atoms with Crippen LogP contribution in [0.4, 0.5) is 5.69 Å². The molecule has 1 saturated heterocycles. The number of ether oxygens (including phenoxy) is 1. The van der Waals surface area contributed by atoms with Gasteiger partial charge >= 0.3 is 0 Å². The Balaban J connectivity index is 1.88. The number of piperidine rings is 1. The molecule has 3 nitrogen and oxygen atoms in total. The lowest BCUT2D eigenvalue weighted by molar-refractivity contribution is 0.340. The van der Waals surface area contributed by atoms with E-state index in [-0.39, 0.29) is 0 Å². The second kappa shape index (κ2) is 6.64. The molecule has 1 atom stereocenters. The molecular formula is C15H24N2O. The summed E-state index contributed by atoms with van der Waals surface area (Å²) in [7, 11) is 0. The van der Waals surface area contributed by atoms with E-state index in [4.69, 9.17) is 4.74 Å². The van der Waals surface area contributed by atoms with Crippen LogP contribution in [0.1, 0.15) is 25.3 Å². The zero-order valence-electron chi connectivity index (χ0n) is 11.5. The van der Waals surface area contributed by atoms with Gasteiger partial charge in [0, 0.05) is 12.2 Å². The quantitative estimate of drug-likeness (QED) is 0.840. The van der Waals surface area contributed by atoms with Gasteiger partial charge in [0.05, 0.1) is 6.61 Å². The average Bonchev–Trinajstić information content (AvgIpc) is 2.39. The van der Waals surface area contributed by atoms with Crippen LogP contribution in [0.5, 0.6) is 5.75 Å². The van der Waals surface area contributed by atoms with Crippen molar-refractivity contribution in [1.29, 1.82) is 0 Å². The molecule has 18 heavy (non-hydrogen) atoms. The van der Waals surface area contributed by atoms with E-state index in [0.29, 0.717) is 0 Å². The number of rotatable bonds is 5. The van der Waals surface area contributed by atoms with Gasteiger partial charge in [-0.25, -0.2) is 0 Å². The molecule has 1 heterocycles. The molecule has 1 fully saturated rings. The van der Waals surface area contributed by atoms with Crippen molar-refractivity contribution in [3.8, 4) is 5.75 Å². The summed E-state index contributed by atoms with van der Waals surface area (Å²) in [5.74, 6) is 1.71. The van der Waals surface area contributed by atoms with Crippen LogP contribution in [0.25, 0.3) is 0 Å². The fourth-order valence-corrected chi connectivity index (χ4v) is 2.44. The lowest BCUT2D eigenvalue weighted by Crippen LogP contribution is -2.33. The van der Waals surface area contributed by atoms with Gasteiger partial charge in [0.15, 0.2) is 0 Å². The molecular weight excluding hydrogens is 224 g/mol. The van der Waals surface area contributed by atoms with Crippen LogP contribution >= 0.6 is 0 Å². The fourth-order valence-electron chi connectivity index (χ4n) is 2.44. The van der Waals surface area contributed by atoms with Crippen LogP contribution in [0.3, 0.4) is 0 Å². The van der Waals surface area contributed by atoms with Crippen molar-refractivity contribution < 1.29 is 4.74 Å². The van der Waals surface area contributed by atoms with Crippen molar-refractivity contribution in [3.05, 3.63) is 23.8 Å². The molecule has 0 saturated carbocycles. The van der Waals surface area contributed by atoms with Crippen molar-refractivity contribution in [2.45, 2.75) is 26.7 Å². The molecule has 3 heteroatoms. The third kappa shape index (κ3) is 3.64. The number of hydrogen-bond donors (Lipinski definition) is 2. The second-order valence-corrected chi connectivity index (χ2v) is 5.00. The Morgan fingerprint density at radius 1 is 1.44 bits per heavy atom. The first-order chi connectivity index (χ1) is 8.79. The molecule has 1 unspecified atom stereocenters. The molecule has 2 N–H and O–H groups in total. The molecule has 0 spiro atoms. The first-order valence-corrected chi connectivity index (χ1v) is 6.97. The Hall–Kier alpha value is -1.22. The summed E-state index contributed by atoms with van der Waals surface area (Å²) in [6.45, 7) is 8.24. The third-order valence-corrected chi connectivity index (χ3v) is 3.49. The number of nitrogens with one attached hydrogen (secondary N) is 2. The summed E-state index contributed by atoms with van der Waals surface area (Å²) in [5.41, 5.74) is 2.48. The first kappa shape index (κ1) is 13.2. The number of hydrogen-bond acceptors (Lipinski definition) is 3. The largest absolute Gasteiger partial charge is 0.494 e. The predicted octanol–water partition coefficient (Wildman–Crippen LogP) is 2.81. The van der Waals surface area contributed by atoms with Gasteiger partial charge < -0.3 is 15.4 Å². The van der Waals surface area contributed by atoms with E-state index in [1.807, 2.05) is 13.0 Å². The van der Waals surface area contributed by atoms with E-state index in [9.17, 15) is 0 Å². The lowest BCUT2D eigenvalue weighted by Gasteiger charge is -2.23. The summed E-state index contributed by atoms with van der Waals surface area (Å²) >= 11 is 0. The minimum atomic E-state index is 0.722. The molecule has 1 aliphatic rings. The van der Waals surface area contributed by atoms with Gasteiger partial charge in [-0.05, 0) is 69.5 Å². The molecule has 1 aromatic rings. The number of anilines is 1. The fraction of sp³-hybridized carbons (Fsp3) is 0.600. The van der Waals surface area contributed by atoms with Gasteiger partial charge in [0.25, 0.3) is 0 Å². The van der Waals surface area contributed by atoms with E-state index in [2.05, 4.69) is 29.7 Å². The van der Waals surface area contributed by atoms with Gasteiger partial charge in [0.1, 0.15) is 5.75 Å².